The minimum absolute atomic E-state index is 0. The van der Waals surface area contributed by atoms with E-state index < -0.39 is 14.2 Å². The van der Waals surface area contributed by atoms with Gasteiger partial charge in [0, 0.05) is 69.9 Å². The van der Waals surface area contributed by atoms with Gasteiger partial charge in [0.15, 0.2) is 0 Å². The minimum atomic E-state index is -1.37. The fourth-order valence-corrected chi connectivity index (χ4v) is 2.76. The van der Waals surface area contributed by atoms with E-state index in [4.69, 9.17) is 20.1 Å². The zero-order chi connectivity index (χ0) is 33.3. The van der Waals surface area contributed by atoms with Gasteiger partial charge in [-0.2, -0.15) is 60.7 Å². The normalized spacial score (nSPS) is 7.64. The first-order valence-electron chi connectivity index (χ1n) is 14.3. The topological polar surface area (TPSA) is 80.9 Å². The van der Waals surface area contributed by atoms with Crippen molar-refractivity contribution in [2.45, 2.75) is 69.2 Å². The Balaban J connectivity index is -0.000000101. The van der Waals surface area contributed by atoms with E-state index in [1.807, 2.05) is 111 Å². The van der Waals surface area contributed by atoms with E-state index in [0.717, 1.165) is 14.5 Å². The Morgan fingerprint density at radius 2 is 0.841 bits per heavy atom. The zero-order valence-electron chi connectivity index (χ0n) is 28.1. The summed E-state index contributed by atoms with van der Waals surface area (Å²) in [5.41, 5.74) is 3.42. The predicted octanol–water partition coefficient (Wildman–Crippen LogP) is 7.95. The van der Waals surface area contributed by atoms with E-state index in [0.29, 0.717) is 10.9 Å². The van der Waals surface area contributed by atoms with Crippen LogP contribution in [-0.2, 0) is 65.4 Å². The van der Waals surface area contributed by atoms with Crippen molar-refractivity contribution in [1.29, 1.82) is 0 Å². The molecule has 0 spiro atoms. The fraction of sp³-hybridized carbons (Fsp3) is 0.294. The van der Waals surface area contributed by atoms with Crippen molar-refractivity contribution in [2.75, 3.05) is 0 Å². The third-order valence-corrected chi connectivity index (χ3v) is 5.11. The third-order valence-electron chi connectivity index (χ3n) is 4.08. The summed E-state index contributed by atoms with van der Waals surface area (Å²) < 4.78 is 2.22. The van der Waals surface area contributed by atoms with Crippen LogP contribution < -0.4 is 10.9 Å². The summed E-state index contributed by atoms with van der Waals surface area (Å²) in [6.45, 7) is 20.0. The second kappa shape index (κ2) is 43.0. The molecule has 4 nitrogen and oxygen atoms in total. The van der Waals surface area contributed by atoms with Crippen LogP contribution in [0, 0.1) is 26.0 Å². The van der Waals surface area contributed by atoms with Gasteiger partial charge in [-0.05, 0) is 31.4 Å². The average Bonchev–Trinajstić information content (AvgIpc) is 3.04. The Labute approximate surface area is 337 Å². The maximum absolute atomic E-state index is 8.67. The molecule has 0 atom stereocenters. The number of rotatable bonds is 2. The monoisotopic (exact) mass is 880 g/mol. The molecule has 0 aliphatic carbocycles. The summed E-state index contributed by atoms with van der Waals surface area (Å²) in [6, 6.07) is 35.1. The van der Waals surface area contributed by atoms with Crippen molar-refractivity contribution < 1.29 is 85.5 Å². The summed E-state index contributed by atoms with van der Waals surface area (Å²) in [6.07, 6.45) is 0. The molecule has 2 radical (unpaired) electrons. The molecule has 0 fully saturated rings. The van der Waals surface area contributed by atoms with Crippen LogP contribution in [0.1, 0.15) is 66.5 Å². The van der Waals surface area contributed by atoms with Gasteiger partial charge in [0.2, 0.25) is 0 Å². The van der Waals surface area contributed by atoms with Crippen molar-refractivity contribution in [1.82, 2.24) is 0 Å². The van der Waals surface area contributed by atoms with Crippen LogP contribution in [-0.4, -0.2) is 34.3 Å². The molecule has 0 amide bonds. The number of aryl methyl sites for hydroxylation is 2. The van der Waals surface area contributed by atoms with E-state index in [1.54, 1.807) is 30.3 Å². The maximum Gasteiger partial charge on any atom is 0.488 e. The maximum atomic E-state index is 8.67. The Kier molecular flexibility index (Phi) is 55.1. The molecule has 4 aromatic rings. The van der Waals surface area contributed by atoms with Gasteiger partial charge in [0.1, 0.15) is 0 Å². The summed E-state index contributed by atoms with van der Waals surface area (Å²) in [7, 11) is -2.72. The van der Waals surface area contributed by atoms with Crippen LogP contribution in [0.3, 0.4) is 0 Å². The van der Waals surface area contributed by atoms with E-state index in [1.165, 1.54) is 11.6 Å². The quantitative estimate of drug-likeness (QED) is 0.122. The number of hydrogen-bond donors (Lipinski definition) is 4. The van der Waals surface area contributed by atoms with Crippen LogP contribution >= 0.6 is 31.9 Å². The fourth-order valence-electron chi connectivity index (χ4n) is 2.21. The largest absolute Gasteiger partial charge is 0.488 e. The first-order valence-corrected chi connectivity index (χ1v) is 15.9. The van der Waals surface area contributed by atoms with E-state index >= 15 is 0 Å². The van der Waals surface area contributed by atoms with Crippen molar-refractivity contribution in [3.05, 3.63) is 129 Å². The summed E-state index contributed by atoms with van der Waals surface area (Å²) in [5.74, 6) is 0. The summed E-state index contributed by atoms with van der Waals surface area (Å²) >= 11 is 6.63. The molecule has 0 heterocycles. The van der Waals surface area contributed by atoms with Gasteiger partial charge in [-0.1, -0.05) is 123 Å². The molecule has 0 bridgehead atoms. The molecule has 0 unspecified atom stereocenters. The van der Waals surface area contributed by atoms with E-state index in [9.17, 15) is 0 Å². The van der Waals surface area contributed by atoms with Crippen LogP contribution in [0.5, 0.6) is 0 Å². The van der Waals surface area contributed by atoms with Gasteiger partial charge in [0.25, 0.3) is 0 Å². The minimum Gasteiger partial charge on any atom is -0.434 e. The van der Waals surface area contributed by atoms with E-state index in [-0.39, 0.29) is 65.4 Å². The smallest absolute Gasteiger partial charge is 0.434 e. The predicted molar refractivity (Wildman–Crippen MR) is 193 cm³/mol. The van der Waals surface area contributed by atoms with Crippen LogP contribution in [0.25, 0.3) is 0 Å². The Bertz CT molecular complexity index is 1030. The molecular weight excluding hydrogens is 832 g/mol. The Hall–Kier alpha value is 0.0177. The molecular formula is C34H50B2Br2O4Y2-2. The average molecular weight is 882 g/mol. The molecule has 10 heteroatoms. The molecule has 4 rings (SSSR count). The second-order valence-corrected chi connectivity index (χ2v) is 8.84. The molecule has 0 saturated carbocycles. The molecule has 4 N–H and O–H groups in total. The second-order valence-electron chi connectivity index (χ2n) is 7.01. The number of halogens is 2. The van der Waals surface area contributed by atoms with Gasteiger partial charge in [0.05, 0.1) is 0 Å². The standard InChI is InChI=1S/C7H9BO2.C7H7Br.C6H6BO2.C6H4Br.4C2H6.2Y/c1-6-2-4-7(5-3-6)8(9)10;1-6-2-4-7(8)5-3-6;8-7(9)6-4-2-1-3-5-6;7-6-4-2-1-3-5-6;4*1-2;;/h2-5,9-10H,1H3;2-5H,1H3;1-2,4-5,8-9H;1-2,4-5H;4*1-2H3;;/q;;2*-1;;;;;;. The van der Waals surface area contributed by atoms with Gasteiger partial charge >= 0.3 is 14.2 Å². The SMILES string of the molecule is Brc1c[c-]ccc1.CC.CC.CC.CC.Cc1ccc(B(O)O)cc1.Cc1ccc(Br)cc1.OB(O)c1c[c-]ccc1.[Y].[Y]. The number of benzene rings is 4. The summed E-state index contributed by atoms with van der Waals surface area (Å²) in [4.78, 5) is 0. The van der Waals surface area contributed by atoms with Crippen LogP contribution in [0.2, 0.25) is 0 Å². The van der Waals surface area contributed by atoms with Crippen molar-refractivity contribution in [2.24, 2.45) is 0 Å². The van der Waals surface area contributed by atoms with Crippen LogP contribution in [0.15, 0.2) is 106 Å². The molecule has 0 aromatic heterocycles. The zero-order valence-corrected chi connectivity index (χ0v) is 36.9. The van der Waals surface area contributed by atoms with Gasteiger partial charge in [-0.25, -0.2) is 0 Å². The van der Waals surface area contributed by atoms with Gasteiger partial charge in [-0.15, -0.1) is 21.4 Å². The first-order chi connectivity index (χ1) is 20.2. The van der Waals surface area contributed by atoms with Crippen molar-refractivity contribution in [3.8, 4) is 0 Å². The Morgan fingerprint density at radius 3 is 1.07 bits per heavy atom. The molecule has 4 aromatic carbocycles. The molecule has 238 valence electrons. The molecule has 0 saturated heterocycles. The number of hydrogen-bond acceptors (Lipinski definition) is 4. The molecule has 44 heavy (non-hydrogen) atoms. The third kappa shape index (κ3) is 36.5. The first kappa shape index (κ1) is 56.4. The summed E-state index contributed by atoms with van der Waals surface area (Å²) in [5, 5.41) is 34.5. The van der Waals surface area contributed by atoms with Gasteiger partial charge < -0.3 is 20.1 Å². The van der Waals surface area contributed by atoms with Crippen molar-refractivity contribution >= 4 is 57.0 Å². The van der Waals surface area contributed by atoms with Gasteiger partial charge in [-0.3, -0.25) is 0 Å². The molecule has 0 aliphatic heterocycles. The van der Waals surface area contributed by atoms with Crippen molar-refractivity contribution in [3.63, 3.8) is 0 Å². The van der Waals surface area contributed by atoms with Crippen LogP contribution in [0.4, 0.5) is 0 Å². The Morgan fingerprint density at radius 1 is 0.477 bits per heavy atom. The molecule has 0 aliphatic rings. The van der Waals surface area contributed by atoms with E-state index in [2.05, 4.69) is 63.0 Å².